The van der Waals surface area contributed by atoms with Gasteiger partial charge in [-0.3, -0.25) is 0 Å². The molecule has 0 aromatic heterocycles. The van der Waals surface area contributed by atoms with Gasteiger partial charge in [0.2, 0.25) is 0 Å². The van der Waals surface area contributed by atoms with Crippen LogP contribution in [0.4, 0.5) is 19.3 Å². The van der Waals surface area contributed by atoms with Gasteiger partial charge in [0.15, 0.2) is 23.1 Å². The summed E-state index contributed by atoms with van der Waals surface area (Å²) in [6, 6.07) is 9.17. The number of nitrogens with one attached hydrogen (secondary N) is 3. The zero-order chi connectivity index (χ0) is 22.0. The number of amides is 2. The van der Waals surface area contributed by atoms with Crippen LogP contribution in [0, 0.1) is 11.6 Å². The van der Waals surface area contributed by atoms with Gasteiger partial charge in [-0.05, 0) is 62.1 Å². The van der Waals surface area contributed by atoms with Gasteiger partial charge in [-0.2, -0.15) is 0 Å². The number of methoxy groups -OCH3 is 2. The van der Waals surface area contributed by atoms with Crippen molar-refractivity contribution in [3.05, 3.63) is 53.6 Å². The summed E-state index contributed by atoms with van der Waals surface area (Å²) in [6.45, 7) is 0.910. The Morgan fingerprint density at radius 2 is 1.87 bits per heavy atom. The molecular formula is C23H27F2N3O3. The molecule has 1 aliphatic heterocycles. The van der Waals surface area contributed by atoms with Crippen molar-refractivity contribution in [2.24, 2.45) is 0 Å². The lowest BCUT2D eigenvalue weighted by atomic mass is 9.65. The number of ether oxygens (including phenoxy) is 2. The predicted molar refractivity (Wildman–Crippen MR) is 114 cm³/mol. The van der Waals surface area contributed by atoms with Crippen molar-refractivity contribution in [2.75, 3.05) is 26.1 Å². The Bertz CT molecular complexity index is 971. The summed E-state index contributed by atoms with van der Waals surface area (Å²) in [4.78, 5) is 12.4. The maximum atomic E-state index is 13.4. The Hall–Kier alpha value is -2.87. The fourth-order valence-corrected chi connectivity index (χ4v) is 4.97. The highest BCUT2D eigenvalue weighted by molar-refractivity contribution is 5.89. The van der Waals surface area contributed by atoms with Gasteiger partial charge < -0.3 is 25.4 Å². The number of hydrogen-bond donors (Lipinski definition) is 3. The van der Waals surface area contributed by atoms with Gasteiger partial charge in [0.05, 0.1) is 14.2 Å². The third-order valence-electron chi connectivity index (χ3n) is 6.56. The molecule has 3 unspecified atom stereocenters. The molecular weight excluding hydrogens is 404 g/mol. The first-order chi connectivity index (χ1) is 14.9. The Labute approximate surface area is 180 Å². The lowest BCUT2D eigenvalue weighted by Gasteiger charge is -2.43. The fourth-order valence-electron chi connectivity index (χ4n) is 4.97. The lowest BCUT2D eigenvalue weighted by molar-refractivity contribution is 0.213. The van der Waals surface area contributed by atoms with Crippen LogP contribution in [0.2, 0.25) is 0 Å². The molecule has 0 bridgehead atoms. The van der Waals surface area contributed by atoms with Crippen LogP contribution < -0.4 is 25.4 Å². The fraction of sp³-hybridized carbons (Fsp3) is 0.435. The number of fused-ring (bicyclic) bond motifs is 1. The maximum absolute atomic E-state index is 13.4. The first-order valence-corrected chi connectivity index (χ1v) is 10.4. The molecule has 31 heavy (non-hydrogen) atoms. The van der Waals surface area contributed by atoms with Gasteiger partial charge in [0.1, 0.15) is 0 Å². The van der Waals surface area contributed by atoms with E-state index >= 15 is 0 Å². The summed E-state index contributed by atoms with van der Waals surface area (Å²) < 4.78 is 37.3. The zero-order valence-corrected chi connectivity index (χ0v) is 17.6. The molecule has 2 aromatic carbocycles. The van der Waals surface area contributed by atoms with Crippen molar-refractivity contribution >= 4 is 11.7 Å². The van der Waals surface area contributed by atoms with Crippen LogP contribution in [0.25, 0.3) is 0 Å². The maximum Gasteiger partial charge on any atom is 0.319 e. The Kier molecular flexibility index (Phi) is 6.00. The van der Waals surface area contributed by atoms with E-state index in [1.165, 1.54) is 11.6 Å². The van der Waals surface area contributed by atoms with E-state index in [1.54, 1.807) is 14.2 Å². The standard InChI is InChI=1S/C23H27F2N3O3/c1-30-19-6-3-14(11-20(19)31-2)23-8-7-16(13-21(23)26-10-9-23)28-22(29)27-15-4-5-17(24)18(25)12-15/h3-6,11-12,16,21,26H,7-10,13H2,1-2H3,(H2,27,28,29). The van der Waals surface area contributed by atoms with Crippen LogP contribution in [0.3, 0.4) is 0 Å². The van der Waals surface area contributed by atoms with Crippen LogP contribution in [0.5, 0.6) is 11.5 Å². The molecule has 0 radical (unpaired) electrons. The Morgan fingerprint density at radius 3 is 2.61 bits per heavy atom. The second kappa shape index (κ2) is 8.70. The number of rotatable bonds is 5. The summed E-state index contributed by atoms with van der Waals surface area (Å²) in [7, 11) is 3.26. The van der Waals surface area contributed by atoms with Crippen LogP contribution in [-0.4, -0.2) is 38.9 Å². The molecule has 8 heteroatoms. The molecule has 1 heterocycles. The lowest BCUT2D eigenvalue weighted by Crippen LogP contribution is -2.52. The van der Waals surface area contributed by atoms with Gasteiger partial charge in [0, 0.05) is 29.3 Å². The average molecular weight is 431 g/mol. The van der Waals surface area contributed by atoms with E-state index < -0.39 is 17.7 Å². The van der Waals surface area contributed by atoms with Gasteiger partial charge in [-0.15, -0.1) is 0 Å². The summed E-state index contributed by atoms with van der Waals surface area (Å²) in [6.07, 6.45) is 3.52. The second-order valence-corrected chi connectivity index (χ2v) is 8.18. The predicted octanol–water partition coefficient (Wildman–Crippen LogP) is 3.96. The quantitative estimate of drug-likeness (QED) is 0.670. The van der Waals surface area contributed by atoms with Crippen molar-refractivity contribution in [1.82, 2.24) is 10.6 Å². The molecule has 1 saturated heterocycles. The first-order valence-electron chi connectivity index (χ1n) is 10.4. The highest BCUT2D eigenvalue weighted by Gasteiger charge is 2.48. The third kappa shape index (κ3) is 4.17. The minimum atomic E-state index is -0.995. The second-order valence-electron chi connectivity index (χ2n) is 8.18. The number of anilines is 1. The van der Waals surface area contributed by atoms with Crippen LogP contribution >= 0.6 is 0 Å². The molecule has 6 nitrogen and oxygen atoms in total. The molecule has 166 valence electrons. The number of halogens is 2. The normalized spacial score (nSPS) is 24.9. The van der Waals surface area contributed by atoms with E-state index in [0.29, 0.717) is 11.5 Å². The van der Waals surface area contributed by atoms with Crippen molar-refractivity contribution in [3.63, 3.8) is 0 Å². The minimum absolute atomic E-state index is 0.0193. The average Bonchev–Trinajstić information content (AvgIpc) is 3.20. The van der Waals surface area contributed by atoms with E-state index in [0.717, 1.165) is 44.4 Å². The Balaban J connectivity index is 1.43. The summed E-state index contributed by atoms with van der Waals surface area (Å²) >= 11 is 0. The van der Waals surface area contributed by atoms with E-state index in [-0.39, 0.29) is 23.2 Å². The molecule has 0 spiro atoms. The monoisotopic (exact) mass is 431 g/mol. The molecule has 2 amide bonds. The highest BCUT2D eigenvalue weighted by atomic mass is 19.2. The van der Waals surface area contributed by atoms with Gasteiger partial charge in [-0.25, -0.2) is 13.6 Å². The van der Waals surface area contributed by atoms with Gasteiger partial charge >= 0.3 is 6.03 Å². The molecule has 2 fully saturated rings. The molecule has 3 atom stereocenters. The first kappa shape index (κ1) is 21.4. The summed E-state index contributed by atoms with van der Waals surface area (Å²) in [5.74, 6) is -0.525. The van der Waals surface area contributed by atoms with E-state index in [9.17, 15) is 13.6 Å². The smallest absolute Gasteiger partial charge is 0.319 e. The topological polar surface area (TPSA) is 71.6 Å². The van der Waals surface area contributed by atoms with Crippen molar-refractivity contribution in [3.8, 4) is 11.5 Å². The SMILES string of the molecule is COc1ccc(C23CCNC2CC(NC(=O)Nc2ccc(F)c(F)c2)CC3)cc1OC. The molecule has 1 saturated carbocycles. The van der Waals surface area contributed by atoms with E-state index in [4.69, 9.17) is 9.47 Å². The van der Waals surface area contributed by atoms with E-state index in [2.05, 4.69) is 28.1 Å². The van der Waals surface area contributed by atoms with Crippen LogP contribution in [0.1, 0.15) is 31.2 Å². The molecule has 1 aliphatic carbocycles. The molecule has 4 rings (SSSR count). The zero-order valence-electron chi connectivity index (χ0n) is 17.6. The number of urea groups is 1. The van der Waals surface area contributed by atoms with Gasteiger partial charge in [-0.1, -0.05) is 6.07 Å². The summed E-state index contributed by atoms with van der Waals surface area (Å²) in [5.41, 5.74) is 1.41. The summed E-state index contributed by atoms with van der Waals surface area (Å²) in [5, 5.41) is 9.15. The highest BCUT2D eigenvalue weighted by Crippen LogP contribution is 2.47. The number of carbonyl (C=O) groups excluding carboxylic acids is 1. The van der Waals surface area contributed by atoms with Crippen LogP contribution in [0.15, 0.2) is 36.4 Å². The molecule has 3 N–H and O–H groups in total. The number of benzene rings is 2. The molecule has 2 aliphatic rings. The number of hydrogen-bond acceptors (Lipinski definition) is 4. The van der Waals surface area contributed by atoms with Crippen molar-refractivity contribution < 1.29 is 23.0 Å². The number of carbonyl (C=O) groups is 1. The van der Waals surface area contributed by atoms with Crippen LogP contribution in [-0.2, 0) is 5.41 Å². The van der Waals surface area contributed by atoms with Crippen molar-refractivity contribution in [2.45, 2.75) is 43.2 Å². The minimum Gasteiger partial charge on any atom is -0.493 e. The molecule has 2 aromatic rings. The Morgan fingerprint density at radius 1 is 1.06 bits per heavy atom. The van der Waals surface area contributed by atoms with Gasteiger partial charge in [0.25, 0.3) is 0 Å². The van der Waals surface area contributed by atoms with E-state index in [1.807, 2.05) is 6.07 Å². The van der Waals surface area contributed by atoms with Crippen molar-refractivity contribution in [1.29, 1.82) is 0 Å². The third-order valence-corrected chi connectivity index (χ3v) is 6.56. The largest absolute Gasteiger partial charge is 0.493 e.